The molecule has 0 heterocycles. The van der Waals surface area contributed by atoms with Crippen LogP contribution in [0.1, 0.15) is 76.5 Å². The molecule has 1 aromatic rings. The molecule has 0 aromatic heterocycles. The van der Waals surface area contributed by atoms with Gasteiger partial charge in [-0.1, -0.05) is 34.1 Å². The summed E-state index contributed by atoms with van der Waals surface area (Å²) < 4.78 is 47.6. The summed E-state index contributed by atoms with van der Waals surface area (Å²) in [7, 11) is -16.3. The number of phosphoric ester groups is 1. The fourth-order valence-corrected chi connectivity index (χ4v) is 10.9. The van der Waals surface area contributed by atoms with Gasteiger partial charge in [0, 0.05) is 0 Å². The number of rotatable bonds is 6. The van der Waals surface area contributed by atoms with Crippen molar-refractivity contribution in [3.8, 4) is 5.75 Å². The topological polar surface area (TPSA) is 160 Å². The Morgan fingerprint density at radius 3 is 2.17 bits per heavy atom. The van der Waals surface area contributed by atoms with Gasteiger partial charge in [0.25, 0.3) is 0 Å². The van der Waals surface area contributed by atoms with Gasteiger partial charge in [0.2, 0.25) is 0 Å². The van der Waals surface area contributed by atoms with Crippen molar-refractivity contribution in [1.29, 1.82) is 0 Å². The maximum absolute atomic E-state index is 12.4. The minimum atomic E-state index is -5.57. The van der Waals surface area contributed by atoms with Crippen molar-refractivity contribution < 1.29 is 46.4 Å². The van der Waals surface area contributed by atoms with Crippen LogP contribution in [0.25, 0.3) is 0 Å². The zero-order valence-electron chi connectivity index (χ0n) is 20.6. The summed E-state index contributed by atoms with van der Waals surface area (Å²) in [5, 5.41) is 0. The number of hydrogen-bond donors (Lipinski definition) is 4. The number of hydrogen-bond acceptors (Lipinski definition) is 6. The summed E-state index contributed by atoms with van der Waals surface area (Å²) in [6.45, 7) is 11.4. The Hall–Kier alpha value is -0.530. The molecule has 0 radical (unpaired) electrons. The summed E-state index contributed by atoms with van der Waals surface area (Å²) in [6, 6.07) is 3.25. The van der Waals surface area contributed by atoms with Crippen LogP contribution in [0.5, 0.6) is 5.75 Å². The second-order valence-corrected chi connectivity index (χ2v) is 15.9. The van der Waals surface area contributed by atoms with Crippen molar-refractivity contribution in [2.75, 3.05) is 0 Å². The van der Waals surface area contributed by atoms with Crippen molar-refractivity contribution in [3.05, 3.63) is 28.8 Å². The molecule has 2 saturated carbocycles. The third-order valence-electron chi connectivity index (χ3n) is 8.82. The molecule has 0 spiro atoms. The van der Waals surface area contributed by atoms with Crippen molar-refractivity contribution in [2.24, 2.45) is 22.7 Å². The minimum absolute atomic E-state index is 0.0313. The monoisotopic (exact) mass is 552 g/mol. The number of aryl methyl sites for hydroxylation is 1. The summed E-state index contributed by atoms with van der Waals surface area (Å²) in [6.07, 6.45) is 6.60. The van der Waals surface area contributed by atoms with Gasteiger partial charge in [-0.15, -0.1) is 0 Å². The van der Waals surface area contributed by atoms with Crippen molar-refractivity contribution in [1.82, 2.24) is 0 Å². The highest BCUT2D eigenvalue weighted by Gasteiger charge is 2.61. The highest BCUT2D eigenvalue weighted by molar-refractivity contribution is 7.66. The zero-order chi connectivity index (χ0) is 26.2. The van der Waals surface area contributed by atoms with E-state index in [0.29, 0.717) is 11.8 Å². The Bertz CT molecular complexity index is 1180. The van der Waals surface area contributed by atoms with E-state index in [-0.39, 0.29) is 22.0 Å². The van der Waals surface area contributed by atoms with Gasteiger partial charge in [0.05, 0.1) is 0 Å². The SMILES string of the molecule is Cc1cc(OP(=O)(O)OP(=O)(O)OP(=O)(O)O)cc2c1[C@]1(C)CC[C@H]3C(C)(C)CCC[C@]3(C)[C@H]1C2. The normalized spacial score (nSPS) is 35.2. The van der Waals surface area contributed by atoms with E-state index in [0.717, 1.165) is 30.4 Å². The lowest BCUT2D eigenvalue weighted by Gasteiger charge is -2.61. The summed E-state index contributed by atoms with van der Waals surface area (Å²) in [5.41, 5.74) is 3.54. The van der Waals surface area contributed by atoms with Crippen LogP contribution in [0.15, 0.2) is 12.1 Å². The third kappa shape index (κ3) is 5.12. The highest BCUT2D eigenvalue weighted by Crippen LogP contribution is 2.69. The molecule has 0 bridgehead atoms. The molecule has 2 fully saturated rings. The Morgan fingerprint density at radius 2 is 1.54 bits per heavy atom. The van der Waals surface area contributed by atoms with Crippen LogP contribution >= 0.6 is 23.5 Å². The van der Waals surface area contributed by atoms with E-state index < -0.39 is 23.5 Å². The van der Waals surface area contributed by atoms with Gasteiger partial charge in [-0.25, -0.2) is 13.7 Å². The lowest BCUT2D eigenvalue weighted by Crippen LogP contribution is -2.55. The molecule has 4 rings (SSSR count). The van der Waals surface area contributed by atoms with Gasteiger partial charge in [-0.05, 0) is 95.9 Å². The fourth-order valence-electron chi connectivity index (χ4n) is 7.91. The highest BCUT2D eigenvalue weighted by atomic mass is 31.3. The largest absolute Gasteiger partial charge is 0.536 e. The molecule has 1 aromatic carbocycles. The maximum Gasteiger partial charge on any atom is 0.536 e. The first-order valence-electron chi connectivity index (χ1n) is 11.8. The van der Waals surface area contributed by atoms with Gasteiger partial charge in [0.15, 0.2) is 0 Å². The molecule has 2 unspecified atom stereocenters. The van der Waals surface area contributed by atoms with Crippen molar-refractivity contribution in [2.45, 2.75) is 78.6 Å². The van der Waals surface area contributed by atoms with E-state index in [9.17, 15) is 23.5 Å². The van der Waals surface area contributed by atoms with E-state index in [1.807, 2.05) is 6.92 Å². The quantitative estimate of drug-likeness (QED) is 0.320. The Kier molecular flexibility index (Phi) is 6.67. The van der Waals surface area contributed by atoms with Crippen LogP contribution < -0.4 is 4.52 Å². The van der Waals surface area contributed by atoms with E-state index in [1.54, 1.807) is 12.1 Å². The van der Waals surface area contributed by atoms with Crippen LogP contribution in [0.3, 0.4) is 0 Å². The van der Waals surface area contributed by atoms with Gasteiger partial charge in [-0.3, -0.25) is 4.89 Å². The first kappa shape index (κ1) is 27.5. The fraction of sp³-hybridized carbons (Fsp3) is 0.727. The van der Waals surface area contributed by atoms with E-state index in [1.165, 1.54) is 24.8 Å². The van der Waals surface area contributed by atoms with Crippen LogP contribution in [0.4, 0.5) is 0 Å². The Labute approximate surface area is 205 Å². The average Bonchev–Trinajstić information content (AvgIpc) is 2.91. The van der Waals surface area contributed by atoms with E-state index >= 15 is 0 Å². The lowest BCUT2D eigenvalue weighted by atomic mass is 9.43. The van der Waals surface area contributed by atoms with Crippen molar-refractivity contribution >= 4 is 23.5 Å². The molecule has 3 aliphatic rings. The second kappa shape index (κ2) is 8.49. The number of benzene rings is 1. The van der Waals surface area contributed by atoms with Crippen molar-refractivity contribution in [3.63, 3.8) is 0 Å². The molecule has 198 valence electrons. The molecular weight excluding hydrogens is 517 g/mol. The smallest absolute Gasteiger partial charge is 0.404 e. The predicted molar refractivity (Wildman–Crippen MR) is 129 cm³/mol. The van der Waals surface area contributed by atoms with Crippen LogP contribution in [0, 0.1) is 29.6 Å². The predicted octanol–water partition coefficient (Wildman–Crippen LogP) is 5.76. The van der Waals surface area contributed by atoms with Gasteiger partial charge in [-0.2, -0.15) is 8.62 Å². The zero-order valence-corrected chi connectivity index (χ0v) is 23.3. The number of phosphoric acid groups is 3. The first-order chi connectivity index (χ1) is 15.8. The third-order valence-corrected chi connectivity index (χ3v) is 12.6. The molecule has 0 saturated heterocycles. The van der Waals surface area contributed by atoms with Gasteiger partial charge >= 0.3 is 23.5 Å². The first-order valence-corrected chi connectivity index (χ1v) is 16.3. The molecule has 0 amide bonds. The van der Waals surface area contributed by atoms with Crippen LogP contribution in [-0.4, -0.2) is 19.6 Å². The molecule has 3 aliphatic carbocycles. The van der Waals surface area contributed by atoms with Gasteiger partial charge < -0.3 is 19.2 Å². The summed E-state index contributed by atoms with van der Waals surface area (Å²) in [4.78, 5) is 36.8. The lowest BCUT2D eigenvalue weighted by molar-refractivity contribution is -0.0983. The minimum Gasteiger partial charge on any atom is -0.404 e. The average molecular weight is 552 g/mol. The standard InChI is InChI=1S/C22H35O10P3/c1-14-11-16(30-34(26,27)32-35(28,29)31-33(23,24)25)12-15-13-18-21(4)9-6-8-20(2,3)17(21)7-10-22(18,5)19(14)15/h11-12,17-18H,6-10,13H2,1-5H3,(H,26,27)(H,28,29)(H2,23,24,25)/t17-,18+,21-,22+/m0/s1. The van der Waals surface area contributed by atoms with Gasteiger partial charge in [0.1, 0.15) is 5.75 Å². The van der Waals surface area contributed by atoms with E-state index in [4.69, 9.17) is 14.3 Å². The Morgan fingerprint density at radius 1 is 0.886 bits per heavy atom. The Balaban J connectivity index is 1.63. The molecule has 6 atom stereocenters. The van der Waals surface area contributed by atoms with Crippen LogP contribution in [0.2, 0.25) is 0 Å². The summed E-state index contributed by atoms with van der Waals surface area (Å²) in [5.74, 6) is 0.992. The molecule has 13 heteroatoms. The molecule has 0 aliphatic heterocycles. The van der Waals surface area contributed by atoms with E-state index in [2.05, 4.69) is 36.3 Å². The molecule has 35 heavy (non-hydrogen) atoms. The number of fused-ring (bicyclic) bond motifs is 5. The summed E-state index contributed by atoms with van der Waals surface area (Å²) >= 11 is 0. The maximum atomic E-state index is 12.4. The van der Waals surface area contributed by atoms with Crippen LogP contribution in [-0.2, 0) is 34.2 Å². The molecule has 4 N–H and O–H groups in total. The molecular formula is C22H35O10P3. The second-order valence-electron chi connectivity index (χ2n) is 11.6. The molecule has 10 nitrogen and oxygen atoms in total.